The second-order valence-electron chi connectivity index (χ2n) is 5.17. The van der Waals surface area contributed by atoms with Gasteiger partial charge in [-0.25, -0.2) is 0 Å². The molecule has 0 aromatic carbocycles. The molecule has 0 aliphatic rings. The monoisotopic (exact) mass is 308 g/mol. The minimum absolute atomic E-state index is 0.547. The van der Waals surface area contributed by atoms with Gasteiger partial charge in [0.2, 0.25) is 0 Å². The van der Waals surface area contributed by atoms with Gasteiger partial charge < -0.3 is 0 Å². The zero-order valence-electron chi connectivity index (χ0n) is 16.3. The Balaban J connectivity index is 0. The molecule has 2 heterocycles. The average molecular weight is 309 g/mol. The van der Waals surface area contributed by atoms with E-state index in [9.17, 15) is 0 Å². The fourth-order valence-electron chi connectivity index (χ4n) is 1.48. The first-order valence-electron chi connectivity index (χ1n) is 8.38. The zero-order valence-corrected chi connectivity index (χ0v) is 16.3. The highest BCUT2D eigenvalue weighted by atomic mass is 15.2. The largest absolute Gasteiger partial charge is 0.276 e. The number of rotatable bonds is 2. The summed E-state index contributed by atoms with van der Waals surface area (Å²) in [6, 6.07) is 2.05. The smallest absolute Gasteiger partial charge is 0.0649 e. The number of aromatic nitrogens is 4. The van der Waals surface area contributed by atoms with Gasteiger partial charge in [0, 0.05) is 26.5 Å². The van der Waals surface area contributed by atoms with E-state index in [2.05, 4.69) is 37.9 Å². The molecule has 0 spiro atoms. The summed E-state index contributed by atoms with van der Waals surface area (Å²) in [5, 5.41) is 8.28. The number of hydrogen-bond acceptors (Lipinski definition) is 2. The Hall–Kier alpha value is -1.58. The molecule has 0 radical (unpaired) electrons. The third-order valence-corrected chi connectivity index (χ3v) is 2.72. The first kappa shape index (κ1) is 22.7. The zero-order chi connectivity index (χ0) is 17.7. The summed E-state index contributed by atoms with van der Waals surface area (Å²) in [7, 11) is 3.87. The Labute approximate surface area is 137 Å². The molecule has 0 amide bonds. The molecule has 0 atom stereocenters. The molecule has 2 aromatic rings. The fraction of sp³-hybridized carbons (Fsp3) is 0.667. The molecule has 0 saturated carbocycles. The molecule has 0 N–H and O–H groups in total. The molecule has 2 rings (SSSR count). The van der Waals surface area contributed by atoms with Gasteiger partial charge in [-0.05, 0) is 23.5 Å². The number of hydrogen-bond donors (Lipinski definition) is 0. The maximum atomic E-state index is 4.23. The molecule has 0 fully saturated rings. The fourth-order valence-corrected chi connectivity index (χ4v) is 1.48. The molecule has 4 heteroatoms. The Bertz CT molecular complexity index is 423. The Morgan fingerprint density at radius 3 is 1.59 bits per heavy atom. The summed E-state index contributed by atoms with van der Waals surface area (Å²) in [6.07, 6.45) is 5.92. The summed E-state index contributed by atoms with van der Waals surface area (Å²) >= 11 is 0. The van der Waals surface area contributed by atoms with Crippen LogP contribution < -0.4 is 0 Å². The topological polar surface area (TPSA) is 35.6 Å². The highest BCUT2D eigenvalue weighted by Gasteiger charge is 1.99. The van der Waals surface area contributed by atoms with Gasteiger partial charge in [0.15, 0.2) is 0 Å². The molecule has 0 aliphatic heterocycles. The molecular weight excluding hydrogens is 272 g/mol. The molecule has 22 heavy (non-hydrogen) atoms. The van der Waals surface area contributed by atoms with Gasteiger partial charge in [0.05, 0.1) is 11.9 Å². The van der Waals surface area contributed by atoms with Crippen LogP contribution in [0.15, 0.2) is 24.7 Å². The third kappa shape index (κ3) is 9.37. The molecule has 0 aliphatic carbocycles. The van der Waals surface area contributed by atoms with Crippen LogP contribution in [0.4, 0.5) is 0 Å². The Morgan fingerprint density at radius 2 is 1.41 bits per heavy atom. The van der Waals surface area contributed by atoms with Crippen LogP contribution >= 0.6 is 0 Å². The lowest BCUT2D eigenvalue weighted by Crippen LogP contribution is -1.92. The van der Waals surface area contributed by atoms with E-state index in [-0.39, 0.29) is 0 Å². The summed E-state index contributed by atoms with van der Waals surface area (Å²) in [4.78, 5) is 0. The van der Waals surface area contributed by atoms with E-state index in [4.69, 9.17) is 0 Å². The lowest BCUT2D eigenvalue weighted by atomic mass is 10.1. The molecule has 0 bridgehead atoms. The van der Waals surface area contributed by atoms with Crippen LogP contribution in [0.25, 0.3) is 0 Å². The minimum atomic E-state index is 0.547. The van der Waals surface area contributed by atoms with E-state index in [1.807, 2.05) is 75.8 Å². The summed E-state index contributed by atoms with van der Waals surface area (Å²) in [6.45, 7) is 16.6. The van der Waals surface area contributed by atoms with Crippen molar-refractivity contribution in [2.45, 2.75) is 67.2 Å². The molecule has 2 aromatic heterocycles. The van der Waals surface area contributed by atoms with Gasteiger partial charge >= 0.3 is 0 Å². The van der Waals surface area contributed by atoms with Crippen molar-refractivity contribution in [3.05, 3.63) is 35.9 Å². The van der Waals surface area contributed by atoms with Crippen molar-refractivity contribution >= 4 is 0 Å². The van der Waals surface area contributed by atoms with Gasteiger partial charge in [0.25, 0.3) is 0 Å². The van der Waals surface area contributed by atoms with Crippen molar-refractivity contribution in [3.8, 4) is 0 Å². The quantitative estimate of drug-likeness (QED) is 0.770. The SMILES string of the molecule is CC.CC.CC(C)c1ccn(C)n1.CC(C)c1cnn(C)c1. The second kappa shape index (κ2) is 13.1. The molecule has 0 saturated heterocycles. The van der Waals surface area contributed by atoms with E-state index < -0.39 is 0 Å². The lowest BCUT2D eigenvalue weighted by molar-refractivity contribution is 0.713. The molecule has 0 unspecified atom stereocenters. The van der Waals surface area contributed by atoms with E-state index >= 15 is 0 Å². The van der Waals surface area contributed by atoms with Crippen LogP contribution in [0.1, 0.15) is 78.5 Å². The van der Waals surface area contributed by atoms with Crippen LogP contribution in [0.5, 0.6) is 0 Å². The molecule has 4 nitrogen and oxygen atoms in total. The number of nitrogens with zero attached hydrogens (tertiary/aromatic N) is 4. The van der Waals surface area contributed by atoms with Gasteiger partial charge in [-0.3, -0.25) is 9.36 Å². The van der Waals surface area contributed by atoms with Crippen LogP contribution in [-0.2, 0) is 14.1 Å². The lowest BCUT2D eigenvalue weighted by Gasteiger charge is -1.95. The average Bonchev–Trinajstić information content (AvgIpc) is 3.13. The highest BCUT2D eigenvalue weighted by molar-refractivity contribution is 5.08. The van der Waals surface area contributed by atoms with Crippen LogP contribution in [0.3, 0.4) is 0 Å². The van der Waals surface area contributed by atoms with Crippen LogP contribution in [0.2, 0.25) is 0 Å². The second-order valence-corrected chi connectivity index (χ2v) is 5.17. The van der Waals surface area contributed by atoms with Crippen LogP contribution in [-0.4, -0.2) is 19.6 Å². The van der Waals surface area contributed by atoms with Gasteiger partial charge in [-0.1, -0.05) is 55.4 Å². The standard InChI is InChI=1S/2C7H12N2.2C2H6/c1-6(2)7-4-8-9(3)5-7;1-6(2)7-4-5-9(3)8-7;2*1-2/h2*4-6H,1-3H3;2*1-2H3. The van der Waals surface area contributed by atoms with Crippen molar-refractivity contribution in [2.24, 2.45) is 14.1 Å². The van der Waals surface area contributed by atoms with Gasteiger partial charge in [-0.15, -0.1) is 0 Å². The van der Waals surface area contributed by atoms with Crippen molar-refractivity contribution < 1.29 is 0 Å². The highest BCUT2D eigenvalue weighted by Crippen LogP contribution is 2.11. The van der Waals surface area contributed by atoms with Crippen molar-refractivity contribution in [2.75, 3.05) is 0 Å². The summed E-state index contributed by atoms with van der Waals surface area (Å²) in [5.41, 5.74) is 2.47. The van der Waals surface area contributed by atoms with Crippen LogP contribution in [0, 0.1) is 0 Å². The Kier molecular flexibility index (Phi) is 13.5. The van der Waals surface area contributed by atoms with Crippen molar-refractivity contribution in [1.82, 2.24) is 19.6 Å². The van der Waals surface area contributed by atoms with E-state index in [0.29, 0.717) is 11.8 Å². The van der Waals surface area contributed by atoms with Gasteiger partial charge in [0.1, 0.15) is 0 Å². The molecule has 128 valence electrons. The first-order chi connectivity index (χ1) is 10.4. The van der Waals surface area contributed by atoms with Crippen molar-refractivity contribution in [3.63, 3.8) is 0 Å². The van der Waals surface area contributed by atoms with Gasteiger partial charge in [-0.2, -0.15) is 10.2 Å². The summed E-state index contributed by atoms with van der Waals surface area (Å²) in [5.74, 6) is 1.14. The number of aryl methyl sites for hydroxylation is 2. The minimum Gasteiger partial charge on any atom is -0.276 e. The first-order valence-corrected chi connectivity index (χ1v) is 8.38. The Morgan fingerprint density at radius 1 is 0.864 bits per heavy atom. The third-order valence-electron chi connectivity index (χ3n) is 2.72. The predicted octanol–water partition coefficient (Wildman–Crippen LogP) is 5.14. The van der Waals surface area contributed by atoms with E-state index in [1.54, 1.807) is 0 Å². The molecular formula is C18H36N4. The maximum Gasteiger partial charge on any atom is 0.0649 e. The predicted molar refractivity (Wildman–Crippen MR) is 97.3 cm³/mol. The summed E-state index contributed by atoms with van der Waals surface area (Å²) < 4.78 is 3.66. The van der Waals surface area contributed by atoms with E-state index in [0.717, 1.165) is 5.69 Å². The van der Waals surface area contributed by atoms with E-state index in [1.165, 1.54) is 5.56 Å². The van der Waals surface area contributed by atoms with Crippen molar-refractivity contribution in [1.29, 1.82) is 0 Å². The normalized spacial score (nSPS) is 9.27. The maximum absolute atomic E-state index is 4.23.